The average molecular weight is 577 g/mol. The maximum Gasteiger partial charge on any atom is 0.276 e. The van der Waals surface area contributed by atoms with Crippen LogP contribution in [0.2, 0.25) is 5.02 Å². The summed E-state index contributed by atoms with van der Waals surface area (Å²) in [4.78, 5) is 34.4. The van der Waals surface area contributed by atoms with E-state index in [1.807, 2.05) is 48.5 Å². The molecule has 0 spiro atoms. The van der Waals surface area contributed by atoms with Gasteiger partial charge in [-0.3, -0.25) is 9.59 Å². The van der Waals surface area contributed by atoms with Crippen LogP contribution in [0, 0.1) is 5.82 Å². The first-order valence-electron chi connectivity index (χ1n) is 12.4. The van der Waals surface area contributed by atoms with Gasteiger partial charge in [0.2, 0.25) is 5.91 Å². The van der Waals surface area contributed by atoms with Crippen LogP contribution in [0.3, 0.4) is 0 Å². The minimum absolute atomic E-state index is 0.0348. The molecule has 11 heteroatoms. The number of amides is 1. The number of aromatic nitrogens is 2. The van der Waals surface area contributed by atoms with Crippen LogP contribution < -0.4 is 5.56 Å². The molecule has 0 atom stereocenters. The number of hydrogen-bond donors (Lipinski definition) is 0. The van der Waals surface area contributed by atoms with E-state index in [0.717, 1.165) is 22.3 Å². The zero-order chi connectivity index (χ0) is 28.5. The highest BCUT2D eigenvalue weighted by molar-refractivity contribution is 7.98. The van der Waals surface area contributed by atoms with Crippen LogP contribution in [0.4, 0.5) is 4.39 Å². The second-order valence-corrected chi connectivity index (χ2v) is 10.4. The minimum Gasteiger partial charge on any atom is -0.340 e. The molecule has 204 valence electrons. The number of halogens is 2. The normalized spacial score (nSPS) is 10.7. The molecule has 4 aromatic rings. The Hall–Kier alpha value is -4.11. The molecule has 1 aromatic heterocycles. The lowest BCUT2D eigenvalue weighted by atomic mass is 10.0. The molecule has 0 saturated heterocycles. The van der Waals surface area contributed by atoms with E-state index in [1.165, 1.54) is 23.9 Å². The number of benzene rings is 3. The summed E-state index contributed by atoms with van der Waals surface area (Å²) in [6, 6.07) is 21.6. The number of hydrogen-bond acceptors (Lipinski definition) is 5. The molecule has 0 bridgehead atoms. The maximum absolute atomic E-state index is 13.3. The van der Waals surface area contributed by atoms with Gasteiger partial charge >= 0.3 is 0 Å². The quantitative estimate of drug-likeness (QED) is 0.0667. The fourth-order valence-corrected chi connectivity index (χ4v) is 4.98. The third-order valence-electron chi connectivity index (χ3n) is 6.14. The van der Waals surface area contributed by atoms with Crippen LogP contribution >= 0.6 is 23.4 Å². The maximum atomic E-state index is 13.3. The van der Waals surface area contributed by atoms with E-state index in [4.69, 9.17) is 17.1 Å². The van der Waals surface area contributed by atoms with Crippen molar-refractivity contribution in [2.45, 2.75) is 30.4 Å². The Labute approximate surface area is 240 Å². The number of rotatable bonds is 11. The van der Waals surface area contributed by atoms with Crippen LogP contribution in [0.1, 0.15) is 16.7 Å². The topological polar surface area (TPSA) is 104 Å². The molecular weight excluding hydrogens is 551 g/mol. The van der Waals surface area contributed by atoms with Gasteiger partial charge in [-0.15, -0.1) is 0 Å². The van der Waals surface area contributed by atoms with Crippen molar-refractivity contribution in [2.24, 2.45) is 5.11 Å². The third kappa shape index (κ3) is 7.95. The van der Waals surface area contributed by atoms with E-state index >= 15 is 0 Å². The van der Waals surface area contributed by atoms with Gasteiger partial charge in [0.25, 0.3) is 5.56 Å². The standard InChI is InChI=1S/C29H26ClFN6O2S/c1-36(16-20-2-6-22(7-3-20)23-8-10-25(30)11-9-23)27(38)18-37-17-24(14-15-33-35-32)28(39)34-29(37)40-19-21-4-12-26(31)13-5-21/h2-13,17H,14-16,18-19H2,1H3. The first kappa shape index (κ1) is 28.9. The van der Waals surface area contributed by atoms with E-state index in [-0.39, 0.29) is 31.2 Å². The fraction of sp³-hybridized carbons (Fsp3) is 0.207. The predicted molar refractivity (Wildman–Crippen MR) is 156 cm³/mol. The summed E-state index contributed by atoms with van der Waals surface area (Å²) in [5.74, 6) is -0.0623. The molecule has 1 heterocycles. The summed E-state index contributed by atoms with van der Waals surface area (Å²) >= 11 is 7.27. The predicted octanol–water partition coefficient (Wildman–Crippen LogP) is 6.51. The van der Waals surface area contributed by atoms with Crippen LogP contribution in [0.25, 0.3) is 21.6 Å². The smallest absolute Gasteiger partial charge is 0.276 e. The zero-order valence-electron chi connectivity index (χ0n) is 21.7. The van der Waals surface area contributed by atoms with Crippen molar-refractivity contribution >= 4 is 29.3 Å². The summed E-state index contributed by atoms with van der Waals surface area (Å²) in [7, 11) is 1.72. The third-order valence-corrected chi connectivity index (χ3v) is 7.45. The van der Waals surface area contributed by atoms with Crippen LogP contribution in [-0.4, -0.2) is 34.0 Å². The molecule has 0 N–H and O–H groups in total. The van der Waals surface area contributed by atoms with Gasteiger partial charge < -0.3 is 9.47 Å². The van der Waals surface area contributed by atoms with E-state index < -0.39 is 5.56 Å². The van der Waals surface area contributed by atoms with E-state index in [2.05, 4.69) is 15.0 Å². The van der Waals surface area contributed by atoms with Gasteiger partial charge in [-0.25, -0.2) is 4.39 Å². The van der Waals surface area contributed by atoms with Crippen LogP contribution in [0.5, 0.6) is 0 Å². The van der Waals surface area contributed by atoms with Gasteiger partial charge in [-0.1, -0.05) is 77.0 Å². The Morgan fingerprint density at radius 1 is 1.05 bits per heavy atom. The van der Waals surface area contributed by atoms with Gasteiger partial charge in [0.05, 0.1) is 0 Å². The molecule has 0 aliphatic rings. The largest absolute Gasteiger partial charge is 0.340 e. The summed E-state index contributed by atoms with van der Waals surface area (Å²) in [6.07, 6.45) is 1.81. The first-order valence-corrected chi connectivity index (χ1v) is 13.8. The molecule has 3 aromatic carbocycles. The van der Waals surface area contributed by atoms with Crippen molar-refractivity contribution < 1.29 is 9.18 Å². The van der Waals surface area contributed by atoms with Gasteiger partial charge in [-0.2, -0.15) is 4.98 Å². The second-order valence-electron chi connectivity index (χ2n) is 9.05. The van der Waals surface area contributed by atoms with Crippen LogP contribution in [-0.2, 0) is 30.1 Å². The Bertz CT molecular complexity index is 1570. The van der Waals surface area contributed by atoms with Crippen molar-refractivity contribution in [3.8, 4) is 11.1 Å². The van der Waals surface area contributed by atoms with Gasteiger partial charge in [0, 0.05) is 47.6 Å². The molecule has 8 nitrogen and oxygen atoms in total. The number of likely N-dealkylation sites (N-methyl/N-ethyl adjacent to an activating group) is 1. The Morgan fingerprint density at radius 3 is 2.33 bits per heavy atom. The van der Waals surface area contributed by atoms with Gasteiger partial charge in [0.15, 0.2) is 5.16 Å². The first-order chi connectivity index (χ1) is 19.3. The van der Waals surface area contributed by atoms with Gasteiger partial charge in [0.1, 0.15) is 12.4 Å². The van der Waals surface area contributed by atoms with Crippen molar-refractivity contribution in [3.63, 3.8) is 0 Å². The summed E-state index contributed by atoms with van der Waals surface area (Å²) < 4.78 is 14.9. The zero-order valence-corrected chi connectivity index (χ0v) is 23.3. The molecule has 0 aliphatic carbocycles. The highest BCUT2D eigenvalue weighted by Gasteiger charge is 2.16. The molecule has 40 heavy (non-hydrogen) atoms. The van der Waals surface area contributed by atoms with E-state index in [9.17, 15) is 14.0 Å². The number of thioether (sulfide) groups is 1. The molecule has 0 aliphatic heterocycles. The summed E-state index contributed by atoms with van der Waals surface area (Å²) in [5.41, 5.74) is 12.4. The lowest BCUT2D eigenvalue weighted by molar-refractivity contribution is -0.131. The lowest BCUT2D eigenvalue weighted by Crippen LogP contribution is -2.31. The van der Waals surface area contributed by atoms with E-state index in [0.29, 0.717) is 28.0 Å². The van der Waals surface area contributed by atoms with Crippen LogP contribution in [0.15, 0.2) is 94.1 Å². The molecule has 4 rings (SSSR count). The van der Waals surface area contributed by atoms with Crippen molar-refractivity contribution in [1.29, 1.82) is 0 Å². The molecule has 1 amide bonds. The van der Waals surface area contributed by atoms with Crippen molar-refractivity contribution in [2.75, 3.05) is 13.6 Å². The van der Waals surface area contributed by atoms with E-state index in [1.54, 1.807) is 34.8 Å². The minimum atomic E-state index is -0.437. The Balaban J connectivity index is 1.48. The molecular formula is C29H26ClFN6O2S. The summed E-state index contributed by atoms with van der Waals surface area (Å²) in [5, 5.41) is 4.55. The lowest BCUT2D eigenvalue weighted by Gasteiger charge is -2.20. The second kappa shape index (κ2) is 13.8. The monoisotopic (exact) mass is 576 g/mol. The number of nitrogens with zero attached hydrogens (tertiary/aromatic N) is 6. The molecule has 0 saturated carbocycles. The van der Waals surface area contributed by atoms with Gasteiger partial charge in [-0.05, 0) is 58.5 Å². The van der Waals surface area contributed by atoms with Crippen molar-refractivity contribution in [3.05, 3.63) is 127 Å². The highest BCUT2D eigenvalue weighted by Crippen LogP contribution is 2.23. The number of carbonyl (C=O) groups excluding carboxylic acids is 1. The average Bonchev–Trinajstić information content (AvgIpc) is 2.95. The number of carbonyl (C=O) groups is 1. The highest BCUT2D eigenvalue weighted by atomic mass is 35.5. The Morgan fingerprint density at radius 2 is 1.68 bits per heavy atom. The molecule has 0 radical (unpaired) electrons. The SMILES string of the molecule is CN(Cc1ccc(-c2ccc(Cl)cc2)cc1)C(=O)Cn1cc(CCN=[N+]=[N-])c(=O)nc1SCc1ccc(F)cc1. The Kier molecular flexibility index (Phi) is 9.96. The summed E-state index contributed by atoms with van der Waals surface area (Å²) in [6.45, 7) is 0.470. The fourth-order valence-electron chi connectivity index (χ4n) is 3.94. The molecule has 0 fully saturated rings. The number of azide groups is 1. The van der Waals surface area contributed by atoms with Crippen molar-refractivity contribution in [1.82, 2.24) is 14.5 Å². The molecule has 0 unspecified atom stereocenters.